The van der Waals surface area contributed by atoms with Gasteiger partial charge in [0, 0.05) is 6.04 Å². The minimum Gasteiger partial charge on any atom is -0.408 e. The van der Waals surface area contributed by atoms with Crippen LogP contribution >= 0.6 is 0 Å². The summed E-state index contributed by atoms with van der Waals surface area (Å²) in [6.45, 7) is 4.26. The summed E-state index contributed by atoms with van der Waals surface area (Å²) in [6.07, 6.45) is -0.132. The largest absolute Gasteiger partial charge is 0.420 e. The van der Waals surface area contributed by atoms with Crippen molar-refractivity contribution in [3.05, 3.63) is 34.3 Å². The molecule has 5 nitrogen and oxygen atoms in total. The van der Waals surface area contributed by atoms with Gasteiger partial charge in [-0.25, -0.2) is 4.79 Å². The minimum absolute atomic E-state index is 0.0403. The SMILES string of the molecule is CC(C)n1c(=O)oc2cc(C(O)CCN)ccc21. The molecule has 18 heavy (non-hydrogen) atoms. The van der Waals surface area contributed by atoms with E-state index in [4.69, 9.17) is 10.2 Å². The Balaban J connectivity index is 2.51. The molecular formula is C13H18N2O3. The van der Waals surface area contributed by atoms with E-state index in [1.165, 1.54) is 0 Å². The van der Waals surface area contributed by atoms with E-state index in [0.29, 0.717) is 18.5 Å². The molecule has 0 aliphatic heterocycles. The van der Waals surface area contributed by atoms with Gasteiger partial charge in [0.1, 0.15) is 0 Å². The smallest absolute Gasteiger partial charge is 0.408 e. The maximum atomic E-state index is 11.7. The second-order valence-corrected chi connectivity index (χ2v) is 4.65. The van der Waals surface area contributed by atoms with Gasteiger partial charge in [0.05, 0.1) is 11.6 Å². The van der Waals surface area contributed by atoms with Crippen LogP contribution in [0.15, 0.2) is 27.4 Å². The Morgan fingerprint density at radius 2 is 2.17 bits per heavy atom. The normalized spacial score (nSPS) is 13.4. The van der Waals surface area contributed by atoms with Crippen LogP contribution in [0.5, 0.6) is 0 Å². The van der Waals surface area contributed by atoms with E-state index < -0.39 is 6.10 Å². The van der Waals surface area contributed by atoms with E-state index in [9.17, 15) is 9.90 Å². The standard InChI is InChI=1S/C13H18N2O3/c1-8(2)15-10-4-3-9(11(16)5-6-14)7-12(10)18-13(15)17/h3-4,7-8,11,16H,5-6,14H2,1-2H3. The van der Waals surface area contributed by atoms with E-state index in [1.807, 2.05) is 13.8 Å². The zero-order chi connectivity index (χ0) is 13.3. The number of hydrogen-bond acceptors (Lipinski definition) is 4. The first kappa shape index (κ1) is 12.9. The Labute approximate surface area is 105 Å². The van der Waals surface area contributed by atoms with Crippen LogP contribution in [-0.2, 0) is 0 Å². The third kappa shape index (κ3) is 2.19. The maximum absolute atomic E-state index is 11.7. The van der Waals surface area contributed by atoms with Gasteiger partial charge in [-0.2, -0.15) is 0 Å². The molecule has 0 radical (unpaired) electrons. The van der Waals surface area contributed by atoms with Crippen molar-refractivity contribution in [2.45, 2.75) is 32.4 Å². The second-order valence-electron chi connectivity index (χ2n) is 4.65. The van der Waals surface area contributed by atoms with Gasteiger partial charge in [-0.1, -0.05) is 6.07 Å². The molecule has 1 aromatic heterocycles. The highest BCUT2D eigenvalue weighted by Crippen LogP contribution is 2.23. The summed E-state index contributed by atoms with van der Waals surface area (Å²) in [5.41, 5.74) is 7.38. The average molecular weight is 250 g/mol. The molecule has 1 atom stereocenters. The van der Waals surface area contributed by atoms with Crippen LogP contribution in [0.2, 0.25) is 0 Å². The highest BCUT2D eigenvalue weighted by atomic mass is 16.4. The monoisotopic (exact) mass is 250 g/mol. The molecule has 2 rings (SSSR count). The molecule has 0 saturated heterocycles. The lowest BCUT2D eigenvalue weighted by Crippen LogP contribution is -2.15. The molecule has 3 N–H and O–H groups in total. The third-order valence-corrected chi connectivity index (χ3v) is 2.98. The maximum Gasteiger partial charge on any atom is 0.420 e. The van der Waals surface area contributed by atoms with Crippen molar-refractivity contribution < 1.29 is 9.52 Å². The highest BCUT2D eigenvalue weighted by Gasteiger charge is 2.14. The van der Waals surface area contributed by atoms with E-state index >= 15 is 0 Å². The van der Waals surface area contributed by atoms with Crippen molar-refractivity contribution in [1.82, 2.24) is 4.57 Å². The molecule has 0 amide bonds. The van der Waals surface area contributed by atoms with Crippen molar-refractivity contribution in [1.29, 1.82) is 0 Å². The lowest BCUT2D eigenvalue weighted by Gasteiger charge is -2.10. The average Bonchev–Trinajstić information content (AvgIpc) is 2.63. The number of aliphatic hydroxyl groups excluding tert-OH is 1. The number of benzene rings is 1. The number of nitrogens with zero attached hydrogens (tertiary/aromatic N) is 1. The van der Waals surface area contributed by atoms with Crippen LogP contribution in [0.25, 0.3) is 11.1 Å². The van der Waals surface area contributed by atoms with Gasteiger partial charge < -0.3 is 15.3 Å². The predicted molar refractivity (Wildman–Crippen MR) is 69.5 cm³/mol. The molecule has 0 spiro atoms. The summed E-state index contributed by atoms with van der Waals surface area (Å²) < 4.78 is 6.79. The van der Waals surface area contributed by atoms with E-state index in [1.54, 1.807) is 22.8 Å². The first-order chi connectivity index (χ1) is 8.54. The van der Waals surface area contributed by atoms with Crippen LogP contribution in [0, 0.1) is 0 Å². The van der Waals surface area contributed by atoms with Crippen LogP contribution in [0.1, 0.15) is 38.0 Å². The number of fused-ring (bicyclic) bond motifs is 1. The van der Waals surface area contributed by atoms with Gasteiger partial charge in [0.25, 0.3) is 0 Å². The summed E-state index contributed by atoms with van der Waals surface area (Å²) in [5, 5.41) is 9.86. The quantitative estimate of drug-likeness (QED) is 0.862. The first-order valence-corrected chi connectivity index (χ1v) is 6.07. The molecule has 0 fully saturated rings. The molecule has 1 aromatic carbocycles. The highest BCUT2D eigenvalue weighted by molar-refractivity contribution is 5.74. The van der Waals surface area contributed by atoms with Crippen LogP contribution in [-0.4, -0.2) is 16.2 Å². The molecule has 0 bridgehead atoms. The molecular weight excluding hydrogens is 232 g/mol. The fourth-order valence-electron chi connectivity index (χ4n) is 2.07. The fourth-order valence-corrected chi connectivity index (χ4v) is 2.07. The zero-order valence-electron chi connectivity index (χ0n) is 10.6. The molecule has 1 unspecified atom stereocenters. The molecule has 0 aliphatic carbocycles. The van der Waals surface area contributed by atoms with Crippen LogP contribution in [0.3, 0.4) is 0 Å². The number of nitrogens with two attached hydrogens (primary N) is 1. The summed E-state index contributed by atoms with van der Waals surface area (Å²) in [5.74, 6) is -0.370. The topological polar surface area (TPSA) is 81.4 Å². The van der Waals surface area contributed by atoms with E-state index in [-0.39, 0.29) is 11.8 Å². The lowest BCUT2D eigenvalue weighted by molar-refractivity contribution is 0.170. The van der Waals surface area contributed by atoms with Gasteiger partial charge in [-0.15, -0.1) is 0 Å². The predicted octanol–water partition coefficient (Wildman–Crippen LogP) is 1.56. The Kier molecular flexibility index (Phi) is 3.54. The van der Waals surface area contributed by atoms with E-state index in [0.717, 1.165) is 11.1 Å². The Morgan fingerprint density at radius 1 is 1.44 bits per heavy atom. The Hall–Kier alpha value is -1.59. The van der Waals surface area contributed by atoms with Gasteiger partial charge in [-0.3, -0.25) is 4.57 Å². The first-order valence-electron chi connectivity index (χ1n) is 6.07. The molecule has 2 aromatic rings. The number of hydrogen-bond donors (Lipinski definition) is 2. The van der Waals surface area contributed by atoms with Crippen LogP contribution in [0.4, 0.5) is 0 Å². The molecule has 0 saturated carbocycles. The molecule has 98 valence electrons. The van der Waals surface area contributed by atoms with Gasteiger partial charge in [0.2, 0.25) is 0 Å². The van der Waals surface area contributed by atoms with Crippen molar-refractivity contribution in [2.75, 3.05) is 6.54 Å². The van der Waals surface area contributed by atoms with Crippen molar-refractivity contribution in [2.24, 2.45) is 5.73 Å². The molecule has 5 heteroatoms. The second kappa shape index (κ2) is 4.96. The number of aliphatic hydroxyl groups is 1. The van der Waals surface area contributed by atoms with Gasteiger partial charge in [0.15, 0.2) is 5.58 Å². The molecule has 1 heterocycles. The number of oxazole rings is 1. The van der Waals surface area contributed by atoms with E-state index in [2.05, 4.69) is 0 Å². The Bertz CT molecular complexity index is 598. The Morgan fingerprint density at radius 3 is 2.78 bits per heavy atom. The van der Waals surface area contributed by atoms with Crippen molar-refractivity contribution in [3.63, 3.8) is 0 Å². The minimum atomic E-state index is -0.618. The fraction of sp³-hybridized carbons (Fsp3) is 0.462. The number of rotatable bonds is 4. The van der Waals surface area contributed by atoms with Gasteiger partial charge in [-0.05, 0) is 44.5 Å². The van der Waals surface area contributed by atoms with Crippen molar-refractivity contribution in [3.8, 4) is 0 Å². The summed E-state index contributed by atoms with van der Waals surface area (Å²) >= 11 is 0. The molecule has 0 aliphatic rings. The number of aromatic nitrogens is 1. The van der Waals surface area contributed by atoms with Crippen molar-refractivity contribution >= 4 is 11.1 Å². The van der Waals surface area contributed by atoms with Crippen LogP contribution < -0.4 is 11.5 Å². The zero-order valence-corrected chi connectivity index (χ0v) is 10.6. The van der Waals surface area contributed by atoms with Gasteiger partial charge >= 0.3 is 5.76 Å². The summed E-state index contributed by atoms with van der Waals surface area (Å²) in [4.78, 5) is 11.7. The summed E-state index contributed by atoms with van der Waals surface area (Å²) in [7, 11) is 0. The summed E-state index contributed by atoms with van der Waals surface area (Å²) in [6, 6.07) is 5.35. The lowest BCUT2D eigenvalue weighted by atomic mass is 10.1. The third-order valence-electron chi connectivity index (χ3n) is 2.98.